The maximum absolute atomic E-state index is 11.7. The van der Waals surface area contributed by atoms with Crippen LogP contribution < -0.4 is 16.2 Å². The van der Waals surface area contributed by atoms with Crippen molar-refractivity contribution in [2.45, 2.75) is 6.54 Å². The molecule has 1 aromatic carbocycles. The molecule has 7 nitrogen and oxygen atoms in total. The van der Waals surface area contributed by atoms with Crippen LogP contribution in [0.5, 0.6) is 0 Å². The van der Waals surface area contributed by atoms with E-state index in [0.29, 0.717) is 11.0 Å². The number of aromatic nitrogens is 2. The Kier molecular flexibility index (Phi) is 3.56. The molecule has 2 N–H and O–H groups in total. The van der Waals surface area contributed by atoms with Crippen molar-refractivity contribution in [3.05, 3.63) is 40.8 Å². The van der Waals surface area contributed by atoms with Crippen molar-refractivity contribution >= 4 is 23.0 Å². The second kappa shape index (κ2) is 5.30. The van der Waals surface area contributed by atoms with E-state index in [2.05, 4.69) is 15.6 Å². The summed E-state index contributed by atoms with van der Waals surface area (Å²) in [7, 11) is 1.40. The summed E-state index contributed by atoms with van der Waals surface area (Å²) in [5.41, 5.74) is 0.752. The van der Waals surface area contributed by atoms with Gasteiger partial charge in [-0.3, -0.25) is 19.5 Å². The van der Waals surface area contributed by atoms with E-state index < -0.39 is 17.5 Å². The maximum Gasteiger partial charge on any atom is 0.321 e. The molecule has 0 saturated carbocycles. The fourth-order valence-electron chi connectivity index (χ4n) is 1.65. The van der Waals surface area contributed by atoms with E-state index in [0.717, 1.165) is 6.20 Å². The summed E-state index contributed by atoms with van der Waals surface area (Å²) in [6, 6.07) is 6.35. The van der Waals surface area contributed by atoms with Gasteiger partial charge in [-0.2, -0.15) is 0 Å². The molecule has 0 aliphatic rings. The Morgan fingerprint density at radius 2 is 2.05 bits per heavy atom. The number of hydrogen-bond acceptors (Lipinski definition) is 4. The molecule has 2 aromatic rings. The van der Waals surface area contributed by atoms with Crippen molar-refractivity contribution in [1.82, 2.24) is 20.2 Å². The molecule has 0 radical (unpaired) electrons. The number of benzene rings is 1. The molecule has 1 heterocycles. The molecule has 1 aromatic heterocycles. The van der Waals surface area contributed by atoms with Crippen LogP contribution in [0.1, 0.15) is 0 Å². The topological polar surface area (TPSA) is 93.1 Å². The van der Waals surface area contributed by atoms with Gasteiger partial charge < -0.3 is 5.32 Å². The lowest BCUT2D eigenvalue weighted by Crippen LogP contribution is -2.40. The first kappa shape index (κ1) is 12.7. The number of amides is 3. The number of para-hydroxylation sites is 2. The third-order valence-corrected chi connectivity index (χ3v) is 2.53. The van der Waals surface area contributed by atoms with Gasteiger partial charge in [0, 0.05) is 7.05 Å². The highest BCUT2D eigenvalue weighted by Gasteiger charge is 2.10. The molecule has 0 atom stereocenters. The first-order valence-electron chi connectivity index (χ1n) is 5.58. The largest absolute Gasteiger partial charge is 0.341 e. The molecular formula is C12H12N4O3. The Bertz CT molecular complexity index is 693. The molecule has 0 fully saturated rings. The Morgan fingerprint density at radius 1 is 1.32 bits per heavy atom. The molecule has 0 aliphatic carbocycles. The average Bonchev–Trinajstić information content (AvgIpc) is 2.42. The predicted molar refractivity (Wildman–Crippen MR) is 68.6 cm³/mol. The van der Waals surface area contributed by atoms with Crippen molar-refractivity contribution in [1.29, 1.82) is 0 Å². The van der Waals surface area contributed by atoms with E-state index in [4.69, 9.17) is 0 Å². The number of urea groups is 1. The summed E-state index contributed by atoms with van der Waals surface area (Å²) in [4.78, 5) is 38.4. The zero-order valence-corrected chi connectivity index (χ0v) is 10.2. The monoisotopic (exact) mass is 260 g/mol. The molecule has 2 rings (SSSR count). The van der Waals surface area contributed by atoms with Crippen LogP contribution in [0.4, 0.5) is 4.79 Å². The van der Waals surface area contributed by atoms with Crippen molar-refractivity contribution in [2.24, 2.45) is 0 Å². The molecule has 3 amide bonds. The number of rotatable bonds is 2. The lowest BCUT2D eigenvalue weighted by Gasteiger charge is -2.09. The van der Waals surface area contributed by atoms with Crippen molar-refractivity contribution < 1.29 is 9.59 Å². The Hall–Kier alpha value is -2.70. The number of hydrogen-bond donors (Lipinski definition) is 2. The van der Waals surface area contributed by atoms with Gasteiger partial charge in [-0.15, -0.1) is 0 Å². The van der Waals surface area contributed by atoms with Crippen LogP contribution in [0.2, 0.25) is 0 Å². The van der Waals surface area contributed by atoms with Gasteiger partial charge >= 0.3 is 6.03 Å². The Balaban J connectivity index is 2.34. The number of carbonyl (C=O) groups is 2. The van der Waals surface area contributed by atoms with Crippen LogP contribution >= 0.6 is 0 Å². The number of carbonyl (C=O) groups excluding carboxylic acids is 2. The number of fused-ring (bicyclic) bond motifs is 1. The van der Waals surface area contributed by atoms with Gasteiger partial charge in [0.15, 0.2) is 0 Å². The lowest BCUT2D eigenvalue weighted by atomic mass is 10.3. The quantitative estimate of drug-likeness (QED) is 0.785. The third kappa shape index (κ3) is 2.76. The molecule has 7 heteroatoms. The van der Waals surface area contributed by atoms with E-state index in [1.54, 1.807) is 24.3 Å². The summed E-state index contributed by atoms with van der Waals surface area (Å²) in [6.07, 6.45) is 1.15. The molecule has 0 unspecified atom stereocenters. The molecule has 0 aliphatic heterocycles. The van der Waals surface area contributed by atoms with Crippen molar-refractivity contribution in [2.75, 3.05) is 7.05 Å². The van der Waals surface area contributed by atoms with E-state index in [1.807, 2.05) is 0 Å². The van der Waals surface area contributed by atoms with Gasteiger partial charge in [-0.05, 0) is 12.1 Å². The second-order valence-corrected chi connectivity index (χ2v) is 3.80. The molecule has 98 valence electrons. The van der Waals surface area contributed by atoms with Gasteiger partial charge in [0.1, 0.15) is 6.54 Å². The SMILES string of the molecule is CNC(=O)NC(=O)Cn1c(=O)cnc2ccccc21. The second-order valence-electron chi connectivity index (χ2n) is 3.80. The molecule has 19 heavy (non-hydrogen) atoms. The Labute approximate surface area is 108 Å². The lowest BCUT2D eigenvalue weighted by molar-refractivity contribution is -0.120. The number of nitrogens with one attached hydrogen (secondary N) is 2. The van der Waals surface area contributed by atoms with E-state index in [1.165, 1.54) is 11.6 Å². The minimum atomic E-state index is -0.614. The third-order valence-electron chi connectivity index (χ3n) is 2.53. The predicted octanol–water partition coefficient (Wildman–Crippen LogP) is -0.148. The van der Waals surface area contributed by atoms with E-state index in [-0.39, 0.29) is 6.54 Å². The minimum Gasteiger partial charge on any atom is -0.341 e. The van der Waals surface area contributed by atoms with Crippen molar-refractivity contribution in [3.8, 4) is 0 Å². The summed E-state index contributed by atoms with van der Waals surface area (Å²) in [5.74, 6) is -0.571. The fourth-order valence-corrected chi connectivity index (χ4v) is 1.65. The Morgan fingerprint density at radius 3 is 2.79 bits per heavy atom. The fraction of sp³-hybridized carbons (Fsp3) is 0.167. The molecule has 0 saturated heterocycles. The van der Waals surface area contributed by atoms with Crippen LogP contribution in [-0.4, -0.2) is 28.5 Å². The molecule has 0 bridgehead atoms. The first-order chi connectivity index (χ1) is 9.11. The van der Waals surface area contributed by atoms with Crippen LogP contribution in [0.15, 0.2) is 35.3 Å². The van der Waals surface area contributed by atoms with E-state index in [9.17, 15) is 14.4 Å². The zero-order chi connectivity index (χ0) is 13.8. The maximum atomic E-state index is 11.7. The summed E-state index contributed by atoms with van der Waals surface area (Å²) in [5, 5.41) is 4.36. The highest BCUT2D eigenvalue weighted by molar-refractivity contribution is 5.94. The summed E-state index contributed by atoms with van der Waals surface area (Å²) < 4.78 is 1.26. The van der Waals surface area contributed by atoms with Gasteiger partial charge in [-0.1, -0.05) is 12.1 Å². The van der Waals surface area contributed by atoms with Gasteiger partial charge in [-0.25, -0.2) is 9.78 Å². The van der Waals surface area contributed by atoms with Crippen LogP contribution in [0.25, 0.3) is 11.0 Å². The van der Waals surface area contributed by atoms with Crippen LogP contribution in [0.3, 0.4) is 0 Å². The van der Waals surface area contributed by atoms with Crippen molar-refractivity contribution in [3.63, 3.8) is 0 Å². The highest BCUT2D eigenvalue weighted by Crippen LogP contribution is 2.07. The average molecular weight is 260 g/mol. The highest BCUT2D eigenvalue weighted by atomic mass is 16.2. The van der Waals surface area contributed by atoms with E-state index >= 15 is 0 Å². The van der Waals surface area contributed by atoms with Gasteiger partial charge in [0.25, 0.3) is 5.56 Å². The molecular weight excluding hydrogens is 248 g/mol. The summed E-state index contributed by atoms with van der Waals surface area (Å²) >= 11 is 0. The number of imide groups is 1. The van der Waals surface area contributed by atoms with Gasteiger partial charge in [0.05, 0.1) is 17.2 Å². The normalized spacial score (nSPS) is 10.2. The zero-order valence-electron chi connectivity index (χ0n) is 10.2. The minimum absolute atomic E-state index is 0.241. The first-order valence-corrected chi connectivity index (χ1v) is 5.58. The smallest absolute Gasteiger partial charge is 0.321 e. The number of nitrogens with zero attached hydrogens (tertiary/aromatic N) is 2. The molecule has 0 spiro atoms. The standard InChI is InChI=1S/C12H12N4O3/c1-13-12(19)15-10(17)7-16-9-5-3-2-4-8(9)14-6-11(16)18/h2-6H,7H2,1H3,(H2,13,15,17,19). The van der Waals surface area contributed by atoms with Gasteiger partial charge in [0.2, 0.25) is 5.91 Å². The van der Waals surface area contributed by atoms with Crippen LogP contribution in [-0.2, 0) is 11.3 Å². The van der Waals surface area contributed by atoms with Crippen LogP contribution in [0, 0.1) is 0 Å². The summed E-state index contributed by atoms with van der Waals surface area (Å²) in [6.45, 7) is -0.241.